The number of hydrogen-bond acceptors (Lipinski definition) is 5. The molecule has 3 aromatic rings. The molecular weight excluding hydrogens is 391 g/mol. The maximum atomic E-state index is 13.2. The first-order valence-corrected chi connectivity index (χ1v) is 9.03. The molecule has 1 N–H and O–H groups in total. The molecule has 0 aliphatic rings. The lowest BCUT2D eigenvalue weighted by Gasteiger charge is -2.10. The number of ether oxygens (including phenoxy) is 2. The monoisotopic (exact) mass is 410 g/mol. The molecule has 8 heteroatoms. The Kier molecular flexibility index (Phi) is 6.59. The minimum atomic E-state index is -0.571. The number of methoxy groups -OCH3 is 1. The third kappa shape index (κ3) is 5.32. The Hall–Kier alpha value is -3.94. The van der Waals surface area contributed by atoms with Crippen LogP contribution in [-0.2, 0) is 13.2 Å². The zero-order valence-corrected chi connectivity index (χ0v) is 16.1. The first kappa shape index (κ1) is 20.8. The summed E-state index contributed by atoms with van der Waals surface area (Å²) in [5, 5.41) is 13.7. The van der Waals surface area contributed by atoms with Gasteiger partial charge in [0.1, 0.15) is 23.9 Å². The Morgan fingerprint density at radius 1 is 1.07 bits per heavy atom. The lowest BCUT2D eigenvalue weighted by molar-refractivity contribution is -0.384. The van der Waals surface area contributed by atoms with Crippen LogP contribution in [0.25, 0.3) is 0 Å². The number of nitrogens with one attached hydrogen (secondary N) is 1. The van der Waals surface area contributed by atoms with Crippen molar-refractivity contribution in [2.45, 2.75) is 13.2 Å². The van der Waals surface area contributed by atoms with Gasteiger partial charge in [-0.05, 0) is 41.5 Å². The van der Waals surface area contributed by atoms with Gasteiger partial charge in [0, 0.05) is 18.7 Å². The number of hydrogen-bond donors (Lipinski definition) is 1. The number of nitro groups is 1. The van der Waals surface area contributed by atoms with E-state index in [1.165, 1.54) is 37.4 Å². The fourth-order valence-corrected chi connectivity index (χ4v) is 2.76. The van der Waals surface area contributed by atoms with E-state index in [2.05, 4.69) is 5.32 Å². The Labute approximate surface area is 172 Å². The first-order chi connectivity index (χ1) is 14.5. The maximum absolute atomic E-state index is 13.2. The fraction of sp³-hybridized carbons (Fsp3) is 0.136. The summed E-state index contributed by atoms with van der Waals surface area (Å²) >= 11 is 0. The summed E-state index contributed by atoms with van der Waals surface area (Å²) in [7, 11) is 1.39. The van der Waals surface area contributed by atoms with Crippen LogP contribution < -0.4 is 14.8 Å². The number of benzene rings is 3. The largest absolute Gasteiger partial charge is 0.496 e. The number of non-ortho nitro benzene ring substituents is 1. The molecule has 3 rings (SSSR count). The number of nitrogens with zero attached hydrogens (tertiary/aromatic N) is 1. The number of carbonyl (C=O) groups is 1. The first-order valence-electron chi connectivity index (χ1n) is 9.03. The van der Waals surface area contributed by atoms with Crippen LogP contribution in [-0.4, -0.2) is 17.9 Å². The Balaban J connectivity index is 1.59. The Morgan fingerprint density at radius 3 is 2.50 bits per heavy atom. The number of amides is 1. The second-order valence-corrected chi connectivity index (χ2v) is 6.39. The van der Waals surface area contributed by atoms with Gasteiger partial charge in [-0.2, -0.15) is 0 Å². The van der Waals surface area contributed by atoms with Gasteiger partial charge < -0.3 is 14.8 Å². The zero-order chi connectivity index (χ0) is 21.5. The molecule has 0 radical (unpaired) electrons. The van der Waals surface area contributed by atoms with Crippen LogP contribution in [0.2, 0.25) is 0 Å². The van der Waals surface area contributed by atoms with Crippen molar-refractivity contribution in [3.63, 3.8) is 0 Å². The Morgan fingerprint density at radius 2 is 1.83 bits per heavy atom. The molecule has 3 aromatic carbocycles. The molecule has 0 fully saturated rings. The molecule has 154 valence electrons. The van der Waals surface area contributed by atoms with Crippen molar-refractivity contribution in [3.8, 4) is 11.5 Å². The average Bonchev–Trinajstić information content (AvgIpc) is 2.76. The predicted octanol–water partition coefficient (Wildman–Crippen LogP) is 4.25. The minimum Gasteiger partial charge on any atom is -0.496 e. The van der Waals surface area contributed by atoms with E-state index in [-0.39, 0.29) is 36.0 Å². The molecule has 1 amide bonds. The Bertz CT molecular complexity index is 1050. The van der Waals surface area contributed by atoms with E-state index in [9.17, 15) is 19.3 Å². The van der Waals surface area contributed by atoms with E-state index in [0.717, 1.165) is 11.1 Å². The molecule has 0 aromatic heterocycles. The zero-order valence-electron chi connectivity index (χ0n) is 16.1. The molecule has 0 atom stereocenters. The van der Waals surface area contributed by atoms with Crippen LogP contribution in [0, 0.1) is 15.9 Å². The third-order valence-corrected chi connectivity index (χ3v) is 4.31. The van der Waals surface area contributed by atoms with E-state index in [0.29, 0.717) is 5.75 Å². The van der Waals surface area contributed by atoms with E-state index < -0.39 is 10.8 Å². The van der Waals surface area contributed by atoms with E-state index in [1.54, 1.807) is 36.4 Å². The molecule has 0 heterocycles. The van der Waals surface area contributed by atoms with Crippen molar-refractivity contribution < 1.29 is 23.6 Å². The predicted molar refractivity (Wildman–Crippen MR) is 108 cm³/mol. The van der Waals surface area contributed by atoms with Crippen LogP contribution >= 0.6 is 0 Å². The normalized spacial score (nSPS) is 10.3. The van der Waals surface area contributed by atoms with Crippen molar-refractivity contribution in [1.82, 2.24) is 5.32 Å². The summed E-state index contributed by atoms with van der Waals surface area (Å²) in [4.78, 5) is 22.8. The quantitative estimate of drug-likeness (QED) is 0.443. The second kappa shape index (κ2) is 9.51. The standard InChI is InChI=1S/C22H19FN2O5/c1-29-21-10-7-18(25(27)28)12-20(21)22(26)24-13-15-5-8-19(9-6-15)30-14-16-3-2-4-17(23)11-16/h2-12H,13-14H2,1H3,(H,24,26). The summed E-state index contributed by atoms with van der Waals surface area (Å²) in [6, 6.07) is 17.1. The summed E-state index contributed by atoms with van der Waals surface area (Å²) < 4.78 is 23.9. The lowest BCUT2D eigenvalue weighted by atomic mass is 10.1. The average molecular weight is 410 g/mol. The second-order valence-electron chi connectivity index (χ2n) is 6.39. The van der Waals surface area contributed by atoms with Crippen LogP contribution in [0.4, 0.5) is 10.1 Å². The smallest absolute Gasteiger partial charge is 0.270 e. The lowest BCUT2D eigenvalue weighted by Crippen LogP contribution is -2.23. The summed E-state index contributed by atoms with van der Waals surface area (Å²) in [6.07, 6.45) is 0. The molecule has 0 saturated carbocycles. The fourth-order valence-electron chi connectivity index (χ4n) is 2.76. The van der Waals surface area contributed by atoms with Gasteiger partial charge in [-0.3, -0.25) is 14.9 Å². The van der Waals surface area contributed by atoms with E-state index in [1.807, 2.05) is 0 Å². The highest BCUT2D eigenvalue weighted by molar-refractivity contribution is 5.97. The summed E-state index contributed by atoms with van der Waals surface area (Å²) in [6.45, 7) is 0.454. The molecule has 0 unspecified atom stereocenters. The van der Waals surface area contributed by atoms with Crippen molar-refractivity contribution in [1.29, 1.82) is 0 Å². The van der Waals surface area contributed by atoms with E-state index in [4.69, 9.17) is 9.47 Å². The molecule has 0 saturated heterocycles. The van der Waals surface area contributed by atoms with Gasteiger partial charge in [0.15, 0.2) is 0 Å². The molecule has 0 spiro atoms. The summed E-state index contributed by atoms with van der Waals surface area (Å²) in [5.41, 5.74) is 1.42. The molecule has 30 heavy (non-hydrogen) atoms. The third-order valence-electron chi connectivity index (χ3n) is 4.31. The van der Waals surface area contributed by atoms with Crippen LogP contribution in [0.3, 0.4) is 0 Å². The maximum Gasteiger partial charge on any atom is 0.270 e. The van der Waals surface area contributed by atoms with E-state index >= 15 is 0 Å². The number of nitro benzene ring substituents is 1. The van der Waals surface area contributed by atoms with Crippen LogP contribution in [0.1, 0.15) is 21.5 Å². The van der Waals surface area contributed by atoms with Gasteiger partial charge in [0.25, 0.3) is 11.6 Å². The summed E-state index contributed by atoms with van der Waals surface area (Å²) in [5.74, 6) is 0.0541. The van der Waals surface area contributed by atoms with Crippen molar-refractivity contribution in [3.05, 3.63) is 99.4 Å². The molecule has 7 nitrogen and oxygen atoms in total. The van der Waals surface area contributed by atoms with Crippen molar-refractivity contribution in [2.75, 3.05) is 7.11 Å². The van der Waals surface area contributed by atoms with Crippen molar-refractivity contribution >= 4 is 11.6 Å². The molecule has 0 aliphatic heterocycles. The van der Waals surface area contributed by atoms with Gasteiger partial charge in [-0.1, -0.05) is 24.3 Å². The van der Waals surface area contributed by atoms with Gasteiger partial charge in [-0.15, -0.1) is 0 Å². The highest BCUT2D eigenvalue weighted by Crippen LogP contribution is 2.24. The number of rotatable bonds is 8. The van der Waals surface area contributed by atoms with Gasteiger partial charge >= 0.3 is 0 Å². The minimum absolute atomic E-state index is 0.0850. The topological polar surface area (TPSA) is 90.7 Å². The number of carbonyl (C=O) groups excluding carboxylic acids is 1. The molecular formula is C22H19FN2O5. The van der Waals surface area contributed by atoms with Gasteiger partial charge in [-0.25, -0.2) is 4.39 Å². The van der Waals surface area contributed by atoms with Gasteiger partial charge in [0.2, 0.25) is 0 Å². The van der Waals surface area contributed by atoms with Crippen LogP contribution in [0.15, 0.2) is 66.7 Å². The van der Waals surface area contributed by atoms with Crippen molar-refractivity contribution in [2.24, 2.45) is 0 Å². The highest BCUT2D eigenvalue weighted by Gasteiger charge is 2.17. The number of halogens is 1. The molecule has 0 bridgehead atoms. The van der Waals surface area contributed by atoms with Crippen LogP contribution in [0.5, 0.6) is 11.5 Å². The highest BCUT2D eigenvalue weighted by atomic mass is 19.1. The molecule has 0 aliphatic carbocycles. The SMILES string of the molecule is COc1ccc([N+](=O)[O-])cc1C(=O)NCc1ccc(OCc2cccc(F)c2)cc1. The van der Waals surface area contributed by atoms with Gasteiger partial charge in [0.05, 0.1) is 17.6 Å².